The maximum absolute atomic E-state index is 10.6. The van der Waals surface area contributed by atoms with Gasteiger partial charge in [0.05, 0.1) is 0 Å². The molecule has 0 heterocycles. The Morgan fingerprint density at radius 2 is 2.00 bits per heavy atom. The predicted molar refractivity (Wildman–Crippen MR) is 39.7 cm³/mol. The summed E-state index contributed by atoms with van der Waals surface area (Å²) in [6.07, 6.45) is 3.96. The van der Waals surface area contributed by atoms with Gasteiger partial charge in [-0.15, -0.1) is 0 Å². The van der Waals surface area contributed by atoms with Gasteiger partial charge in [-0.3, -0.25) is 9.59 Å². The van der Waals surface area contributed by atoms with Crippen molar-refractivity contribution in [3.63, 3.8) is 0 Å². The van der Waals surface area contributed by atoms with Gasteiger partial charge in [-0.25, -0.2) is 0 Å². The molecule has 2 nitrogen and oxygen atoms in total. The zero-order valence-corrected chi connectivity index (χ0v) is 6.39. The Hall–Kier alpha value is -0.920. The fourth-order valence-corrected chi connectivity index (χ4v) is 0.501. The van der Waals surface area contributed by atoms with Gasteiger partial charge in [0.15, 0.2) is 5.78 Å². The van der Waals surface area contributed by atoms with Gasteiger partial charge in [-0.05, 0) is 13.0 Å². The lowest BCUT2D eigenvalue weighted by Crippen LogP contribution is -1.91. The molecule has 0 aromatic carbocycles. The van der Waals surface area contributed by atoms with E-state index in [0.717, 1.165) is 0 Å². The van der Waals surface area contributed by atoms with E-state index in [9.17, 15) is 9.59 Å². The molecule has 0 radical (unpaired) electrons. The summed E-state index contributed by atoms with van der Waals surface area (Å²) >= 11 is 0. The number of Topliss-reactive ketones (excluding diaryl/α,β-unsaturated/α-hetero) is 1. The summed E-state index contributed by atoms with van der Waals surface area (Å²) in [6.45, 7) is 3.27. The van der Waals surface area contributed by atoms with Crippen LogP contribution < -0.4 is 0 Å². The van der Waals surface area contributed by atoms with Crippen LogP contribution in [0, 0.1) is 0 Å². The molecule has 2 heteroatoms. The average molecular weight is 140 g/mol. The highest BCUT2D eigenvalue weighted by molar-refractivity contribution is 5.88. The molecule has 10 heavy (non-hydrogen) atoms. The van der Waals surface area contributed by atoms with Crippen molar-refractivity contribution in [3.05, 3.63) is 12.2 Å². The first-order valence-electron chi connectivity index (χ1n) is 3.35. The summed E-state index contributed by atoms with van der Waals surface area (Å²) in [7, 11) is 0. The fraction of sp³-hybridized carbons (Fsp3) is 0.500. The lowest BCUT2D eigenvalue weighted by molar-refractivity contribution is -0.117. The topological polar surface area (TPSA) is 34.1 Å². The zero-order valence-electron chi connectivity index (χ0n) is 6.39. The molecule has 0 aromatic heterocycles. The molecule has 0 bridgehead atoms. The van der Waals surface area contributed by atoms with Crippen LogP contribution in [-0.4, -0.2) is 11.6 Å². The van der Waals surface area contributed by atoms with Crippen molar-refractivity contribution in [2.75, 3.05) is 0 Å². The van der Waals surface area contributed by atoms with Crippen molar-refractivity contribution >= 4 is 11.6 Å². The van der Waals surface area contributed by atoms with Crippen LogP contribution in [0.2, 0.25) is 0 Å². The third-order valence-corrected chi connectivity index (χ3v) is 1.09. The van der Waals surface area contributed by atoms with Crippen LogP contribution in [0.15, 0.2) is 12.2 Å². The van der Waals surface area contributed by atoms with Gasteiger partial charge in [0.25, 0.3) is 0 Å². The number of allylic oxidation sites excluding steroid dienone is 2. The number of ketones is 2. The molecule has 0 aliphatic rings. The summed E-state index contributed by atoms with van der Waals surface area (Å²) in [6, 6.07) is 0. The molecule has 0 aliphatic carbocycles. The van der Waals surface area contributed by atoms with Crippen LogP contribution in [0.1, 0.15) is 26.7 Å². The van der Waals surface area contributed by atoms with Crippen LogP contribution in [0.5, 0.6) is 0 Å². The van der Waals surface area contributed by atoms with Gasteiger partial charge in [0, 0.05) is 12.8 Å². The maximum Gasteiger partial charge on any atom is 0.152 e. The first kappa shape index (κ1) is 9.08. The SMILES string of the molecule is CCC(=O)C/C=C/C(C)=O. The van der Waals surface area contributed by atoms with E-state index in [0.29, 0.717) is 12.8 Å². The summed E-state index contributed by atoms with van der Waals surface area (Å²) in [5.74, 6) is 0.154. The van der Waals surface area contributed by atoms with E-state index >= 15 is 0 Å². The minimum Gasteiger partial charge on any atom is -0.299 e. The average Bonchev–Trinajstić information content (AvgIpc) is 1.87. The van der Waals surface area contributed by atoms with E-state index in [-0.39, 0.29) is 11.6 Å². The molecule has 0 N–H and O–H groups in total. The number of hydrogen-bond donors (Lipinski definition) is 0. The number of carbonyl (C=O) groups excluding carboxylic acids is 2. The molecule has 56 valence electrons. The molecule has 0 unspecified atom stereocenters. The van der Waals surface area contributed by atoms with Crippen LogP contribution in [0.25, 0.3) is 0 Å². The molecule has 0 atom stereocenters. The van der Waals surface area contributed by atoms with Gasteiger partial charge in [0.1, 0.15) is 5.78 Å². The van der Waals surface area contributed by atoms with Crippen molar-refractivity contribution in [1.29, 1.82) is 0 Å². The third kappa shape index (κ3) is 5.22. The minimum atomic E-state index is -0.0103. The Morgan fingerprint density at radius 3 is 2.40 bits per heavy atom. The standard InChI is InChI=1S/C8H12O2/c1-3-8(10)6-4-5-7(2)9/h4-5H,3,6H2,1-2H3/b5-4+. The van der Waals surface area contributed by atoms with E-state index in [1.807, 2.05) is 6.92 Å². The normalized spacial score (nSPS) is 10.2. The smallest absolute Gasteiger partial charge is 0.152 e. The largest absolute Gasteiger partial charge is 0.299 e. The van der Waals surface area contributed by atoms with Crippen molar-refractivity contribution < 1.29 is 9.59 Å². The Kier molecular flexibility index (Phi) is 4.46. The molecular formula is C8H12O2. The molecule has 0 amide bonds. The number of hydrogen-bond acceptors (Lipinski definition) is 2. The summed E-state index contributed by atoms with van der Waals surface area (Å²) < 4.78 is 0. The molecule has 0 saturated carbocycles. The molecule has 0 aromatic rings. The van der Waals surface area contributed by atoms with Gasteiger partial charge >= 0.3 is 0 Å². The zero-order chi connectivity index (χ0) is 7.98. The van der Waals surface area contributed by atoms with Crippen LogP contribution in [0.4, 0.5) is 0 Å². The molecular weight excluding hydrogens is 128 g/mol. The second-order valence-corrected chi connectivity index (χ2v) is 2.11. The fourth-order valence-electron chi connectivity index (χ4n) is 0.501. The lowest BCUT2D eigenvalue weighted by atomic mass is 10.2. The maximum atomic E-state index is 10.6. The monoisotopic (exact) mass is 140 g/mol. The first-order valence-corrected chi connectivity index (χ1v) is 3.35. The van der Waals surface area contributed by atoms with Gasteiger partial charge in [0.2, 0.25) is 0 Å². The second-order valence-electron chi connectivity index (χ2n) is 2.11. The number of rotatable bonds is 4. The highest BCUT2D eigenvalue weighted by atomic mass is 16.1. The summed E-state index contributed by atoms with van der Waals surface area (Å²) in [5, 5.41) is 0. The van der Waals surface area contributed by atoms with Crippen LogP contribution >= 0.6 is 0 Å². The van der Waals surface area contributed by atoms with E-state index < -0.39 is 0 Å². The Morgan fingerprint density at radius 1 is 1.40 bits per heavy atom. The van der Waals surface area contributed by atoms with Crippen molar-refractivity contribution in [2.24, 2.45) is 0 Å². The molecule has 0 fully saturated rings. The lowest BCUT2D eigenvalue weighted by Gasteiger charge is -1.86. The van der Waals surface area contributed by atoms with Crippen LogP contribution in [0.3, 0.4) is 0 Å². The molecule has 0 spiro atoms. The molecule has 0 rings (SSSR count). The minimum absolute atomic E-state index is 0.0103. The second kappa shape index (κ2) is 4.91. The summed E-state index contributed by atoms with van der Waals surface area (Å²) in [4.78, 5) is 20.9. The van der Waals surface area contributed by atoms with Crippen molar-refractivity contribution in [3.8, 4) is 0 Å². The molecule has 0 saturated heterocycles. The predicted octanol–water partition coefficient (Wildman–Crippen LogP) is 1.50. The van der Waals surface area contributed by atoms with Gasteiger partial charge in [-0.2, -0.15) is 0 Å². The number of carbonyl (C=O) groups is 2. The van der Waals surface area contributed by atoms with Crippen molar-refractivity contribution in [1.82, 2.24) is 0 Å². The van der Waals surface area contributed by atoms with E-state index in [1.165, 1.54) is 13.0 Å². The molecule has 0 aliphatic heterocycles. The highest BCUT2D eigenvalue weighted by Gasteiger charge is 1.92. The third-order valence-electron chi connectivity index (χ3n) is 1.09. The first-order chi connectivity index (χ1) is 4.66. The quantitative estimate of drug-likeness (QED) is 0.554. The van der Waals surface area contributed by atoms with Gasteiger partial charge in [-0.1, -0.05) is 13.0 Å². The van der Waals surface area contributed by atoms with Gasteiger partial charge < -0.3 is 0 Å². The summed E-state index contributed by atoms with van der Waals surface area (Å²) in [5.41, 5.74) is 0. The Labute approximate surface area is 60.9 Å². The highest BCUT2D eigenvalue weighted by Crippen LogP contribution is 1.89. The van der Waals surface area contributed by atoms with E-state index in [4.69, 9.17) is 0 Å². The van der Waals surface area contributed by atoms with E-state index in [2.05, 4.69) is 0 Å². The Bertz CT molecular complexity index is 157. The Balaban J connectivity index is 3.53. The van der Waals surface area contributed by atoms with Crippen LogP contribution in [-0.2, 0) is 9.59 Å². The van der Waals surface area contributed by atoms with Crippen molar-refractivity contribution in [2.45, 2.75) is 26.7 Å². The van der Waals surface area contributed by atoms with E-state index in [1.54, 1.807) is 6.08 Å².